The average Bonchev–Trinajstić information content (AvgIpc) is 2.78. The van der Waals surface area contributed by atoms with Crippen molar-refractivity contribution < 1.29 is 34.3 Å². The first-order chi connectivity index (χ1) is 16.4. The Balaban J connectivity index is 1.67. The molecule has 196 valence electrons. The smallest absolute Gasteiger partial charge is 0.351 e. The maximum absolute atomic E-state index is 12.6. The molecular formula is C23H36N4O8. The first-order valence-corrected chi connectivity index (χ1v) is 11.6. The van der Waals surface area contributed by atoms with Gasteiger partial charge in [0.05, 0.1) is 24.4 Å². The van der Waals surface area contributed by atoms with Crippen molar-refractivity contribution in [1.82, 2.24) is 14.5 Å². The van der Waals surface area contributed by atoms with E-state index in [1.54, 1.807) is 52.8 Å². The normalized spacial score (nSPS) is 36.3. The van der Waals surface area contributed by atoms with E-state index in [-0.39, 0.29) is 18.1 Å². The topological polar surface area (TPSA) is 156 Å². The van der Waals surface area contributed by atoms with Crippen LogP contribution in [0.15, 0.2) is 28.7 Å². The van der Waals surface area contributed by atoms with Crippen molar-refractivity contribution in [2.75, 3.05) is 19.4 Å². The summed E-state index contributed by atoms with van der Waals surface area (Å²) in [4.78, 5) is 30.2. The van der Waals surface area contributed by atoms with Crippen molar-refractivity contribution in [1.29, 1.82) is 0 Å². The van der Waals surface area contributed by atoms with Crippen molar-refractivity contribution >= 4 is 11.7 Å². The van der Waals surface area contributed by atoms with Crippen LogP contribution in [0.25, 0.3) is 0 Å². The molecule has 0 bridgehead atoms. The molecule has 0 saturated carbocycles. The van der Waals surface area contributed by atoms with Gasteiger partial charge in [-0.1, -0.05) is 6.08 Å². The molecule has 0 aliphatic carbocycles. The van der Waals surface area contributed by atoms with Crippen LogP contribution in [0.1, 0.15) is 40.3 Å². The zero-order valence-corrected chi connectivity index (χ0v) is 20.9. The molecule has 4 N–H and O–H groups in total. The van der Waals surface area contributed by atoms with Gasteiger partial charge in [0.25, 0.3) is 5.91 Å². The van der Waals surface area contributed by atoms with Gasteiger partial charge in [0.2, 0.25) is 0 Å². The Morgan fingerprint density at radius 3 is 2.49 bits per heavy atom. The standard InChI is InChI=1S/C23H36N4O8/c1-7-11(2)21(31)24-15-8-9-27(23(32)25-15)16-10-14(28)20(13(4)33-16)35-22-19(30)18(29)17(26(5)6)12(3)34-22/h7-9,12-14,16-20,22,28-30H,10H2,1-6H3,(H,24,25,31,32)/t12-,13-,14-,16-,17-,18+,19-,20-,22-/m1/s1. The van der Waals surface area contributed by atoms with Gasteiger partial charge in [0.15, 0.2) is 6.29 Å². The van der Waals surface area contributed by atoms with Crippen LogP contribution in [0, 0.1) is 0 Å². The summed E-state index contributed by atoms with van der Waals surface area (Å²) in [5.41, 5.74) is -0.164. The fraction of sp³-hybridized carbons (Fsp3) is 0.696. The van der Waals surface area contributed by atoms with Crippen LogP contribution >= 0.6 is 0 Å². The Morgan fingerprint density at radius 2 is 1.91 bits per heavy atom. The van der Waals surface area contributed by atoms with Gasteiger partial charge in [0, 0.05) is 18.2 Å². The minimum absolute atomic E-state index is 0.0151. The number of nitrogens with zero attached hydrogens (tertiary/aromatic N) is 3. The first kappa shape index (κ1) is 27.4. The third kappa shape index (κ3) is 5.97. The second-order valence-corrected chi connectivity index (χ2v) is 9.27. The van der Waals surface area contributed by atoms with Crippen molar-refractivity contribution in [3.63, 3.8) is 0 Å². The number of ether oxygens (including phenoxy) is 3. The Bertz CT molecular complexity index is 971. The molecule has 0 spiro atoms. The second kappa shape index (κ2) is 11.2. The minimum Gasteiger partial charge on any atom is -0.390 e. The molecule has 0 unspecified atom stereocenters. The number of nitrogens with one attached hydrogen (secondary N) is 1. The zero-order chi connectivity index (χ0) is 26.0. The molecule has 2 aliphatic heterocycles. The van der Waals surface area contributed by atoms with E-state index in [9.17, 15) is 24.9 Å². The number of rotatable bonds is 6. The summed E-state index contributed by atoms with van der Waals surface area (Å²) in [7, 11) is 3.56. The third-order valence-corrected chi connectivity index (χ3v) is 6.53. The van der Waals surface area contributed by atoms with E-state index in [0.717, 1.165) is 0 Å². The number of aliphatic hydroxyl groups is 3. The minimum atomic E-state index is -1.32. The molecule has 0 aromatic carbocycles. The van der Waals surface area contributed by atoms with Gasteiger partial charge in [0.1, 0.15) is 30.4 Å². The van der Waals surface area contributed by atoms with Gasteiger partial charge >= 0.3 is 5.69 Å². The third-order valence-electron chi connectivity index (χ3n) is 6.53. The van der Waals surface area contributed by atoms with Crippen LogP contribution in [0.3, 0.4) is 0 Å². The van der Waals surface area contributed by atoms with Crippen LogP contribution in [0.2, 0.25) is 0 Å². The molecule has 0 radical (unpaired) electrons. The number of anilines is 1. The highest BCUT2D eigenvalue weighted by molar-refractivity contribution is 6.02. The zero-order valence-electron chi connectivity index (χ0n) is 20.9. The molecule has 2 saturated heterocycles. The quantitative estimate of drug-likeness (QED) is 0.382. The Labute approximate surface area is 204 Å². The molecule has 1 aromatic heterocycles. The first-order valence-electron chi connectivity index (χ1n) is 11.6. The molecular weight excluding hydrogens is 460 g/mol. The van der Waals surface area contributed by atoms with Gasteiger partial charge in [-0.3, -0.25) is 9.36 Å². The van der Waals surface area contributed by atoms with Crippen LogP contribution in [-0.2, 0) is 19.0 Å². The summed E-state index contributed by atoms with van der Waals surface area (Å²) in [6.45, 7) is 6.82. The molecule has 1 aromatic rings. The molecule has 12 nitrogen and oxygen atoms in total. The van der Waals surface area contributed by atoms with E-state index in [0.29, 0.717) is 5.57 Å². The number of hydrogen-bond acceptors (Lipinski definition) is 10. The molecule has 12 heteroatoms. The Hall–Kier alpha value is -2.19. The van der Waals surface area contributed by atoms with Crippen molar-refractivity contribution in [2.24, 2.45) is 0 Å². The summed E-state index contributed by atoms with van der Waals surface area (Å²) < 4.78 is 18.8. The van der Waals surface area contributed by atoms with E-state index >= 15 is 0 Å². The number of amides is 1. The Kier molecular flexibility index (Phi) is 8.81. The lowest BCUT2D eigenvalue weighted by molar-refractivity contribution is -0.322. The van der Waals surface area contributed by atoms with E-state index < -0.39 is 60.9 Å². The molecule has 3 heterocycles. The maximum atomic E-state index is 12.6. The van der Waals surface area contributed by atoms with Gasteiger partial charge in [-0.25, -0.2) is 4.79 Å². The summed E-state index contributed by atoms with van der Waals surface area (Å²) in [6.07, 6.45) is -4.34. The molecule has 1 amide bonds. The fourth-order valence-corrected chi connectivity index (χ4v) is 4.47. The Morgan fingerprint density at radius 1 is 1.23 bits per heavy atom. The van der Waals surface area contributed by atoms with Crippen LogP contribution in [0.5, 0.6) is 0 Å². The SMILES string of the molecule is CC=C(C)C(=O)Nc1ccn([C@H]2C[C@@H](O)[C@H](O[C@H]3O[C@H](C)[C@@H](N(C)C)[C@H](O)[C@H]3O)[C@@H](C)O2)c(=O)n1. The van der Waals surface area contributed by atoms with E-state index in [4.69, 9.17) is 14.2 Å². The number of hydrogen-bond donors (Lipinski definition) is 4. The molecule has 9 atom stereocenters. The second-order valence-electron chi connectivity index (χ2n) is 9.27. The summed E-state index contributed by atoms with van der Waals surface area (Å²) in [6, 6.07) is 1.05. The van der Waals surface area contributed by atoms with Crippen molar-refractivity contribution in [3.05, 3.63) is 34.4 Å². The van der Waals surface area contributed by atoms with Crippen molar-refractivity contribution in [3.8, 4) is 0 Å². The lowest BCUT2D eigenvalue weighted by atomic mass is 9.95. The molecule has 2 aliphatic rings. The number of allylic oxidation sites excluding steroid dienone is 1. The van der Waals surface area contributed by atoms with Crippen molar-refractivity contribution in [2.45, 2.75) is 89.3 Å². The summed E-state index contributed by atoms with van der Waals surface area (Å²) in [5.74, 6) is -0.256. The highest BCUT2D eigenvalue weighted by atomic mass is 16.7. The fourth-order valence-electron chi connectivity index (χ4n) is 4.47. The molecule has 3 rings (SSSR count). The highest BCUT2D eigenvalue weighted by Crippen LogP contribution is 2.32. The number of carbonyl (C=O) groups excluding carboxylic acids is 1. The predicted octanol–water partition coefficient (Wildman–Crippen LogP) is -0.402. The highest BCUT2D eigenvalue weighted by Gasteiger charge is 2.47. The van der Waals surface area contributed by atoms with Gasteiger partial charge < -0.3 is 39.7 Å². The van der Waals surface area contributed by atoms with Gasteiger partial charge in [-0.05, 0) is 47.9 Å². The number of likely N-dealkylation sites (N-methyl/N-ethyl adjacent to an activating group) is 1. The summed E-state index contributed by atoms with van der Waals surface area (Å²) in [5, 5.41) is 34.4. The van der Waals surface area contributed by atoms with Gasteiger partial charge in [-0.2, -0.15) is 4.98 Å². The van der Waals surface area contributed by atoms with Gasteiger partial charge in [-0.15, -0.1) is 0 Å². The largest absolute Gasteiger partial charge is 0.390 e. The van der Waals surface area contributed by atoms with Crippen LogP contribution in [-0.4, -0.2) is 98.7 Å². The number of aromatic nitrogens is 2. The maximum Gasteiger partial charge on any atom is 0.351 e. The van der Waals surface area contributed by atoms with E-state index in [1.807, 2.05) is 0 Å². The molecule has 2 fully saturated rings. The van der Waals surface area contributed by atoms with E-state index in [1.165, 1.54) is 16.8 Å². The average molecular weight is 497 g/mol. The van der Waals surface area contributed by atoms with Crippen LogP contribution in [0.4, 0.5) is 5.82 Å². The lowest BCUT2D eigenvalue weighted by Crippen LogP contribution is -2.63. The van der Waals surface area contributed by atoms with Crippen LogP contribution < -0.4 is 11.0 Å². The number of carbonyl (C=O) groups is 1. The van der Waals surface area contributed by atoms with E-state index in [2.05, 4.69) is 10.3 Å². The number of aliphatic hydroxyl groups excluding tert-OH is 3. The monoisotopic (exact) mass is 496 g/mol. The lowest BCUT2D eigenvalue weighted by Gasteiger charge is -2.46. The predicted molar refractivity (Wildman–Crippen MR) is 125 cm³/mol. The summed E-state index contributed by atoms with van der Waals surface area (Å²) >= 11 is 0. The molecule has 35 heavy (non-hydrogen) atoms.